The predicted octanol–water partition coefficient (Wildman–Crippen LogP) is 10.4. The van der Waals surface area contributed by atoms with Gasteiger partial charge in [0.25, 0.3) is 0 Å². The van der Waals surface area contributed by atoms with E-state index >= 15 is 0 Å². The molecule has 308 valence electrons. The number of carbonyl (C=O) groups is 4. The van der Waals surface area contributed by atoms with Gasteiger partial charge >= 0.3 is 11.9 Å². The summed E-state index contributed by atoms with van der Waals surface area (Å²) in [6.45, 7) is 3.42. The molecule has 4 N–H and O–H groups in total. The number of carboxylic acids is 1. The number of aliphatic hydroxyl groups excluding tert-OH is 1. The second kappa shape index (κ2) is 39.0. The number of hydrogen-bond donors (Lipinski definition) is 4. The minimum Gasteiger partial charge on any atom is -0.480 e. The summed E-state index contributed by atoms with van der Waals surface area (Å²) in [5.74, 6) is -2.41. The van der Waals surface area contributed by atoms with E-state index in [1.807, 2.05) is 6.08 Å². The largest absolute Gasteiger partial charge is 0.480 e. The molecule has 2 amide bonds. The van der Waals surface area contributed by atoms with E-state index in [4.69, 9.17) is 14.9 Å². The lowest BCUT2D eigenvalue weighted by Crippen LogP contribution is -2.47. The van der Waals surface area contributed by atoms with Crippen LogP contribution >= 0.6 is 0 Å². The van der Waals surface area contributed by atoms with E-state index in [2.05, 4.69) is 42.7 Å². The Kier molecular flexibility index (Phi) is 37.1. The number of aliphatic carboxylic acids is 1. The van der Waals surface area contributed by atoms with Gasteiger partial charge in [-0.3, -0.25) is 14.4 Å². The Morgan fingerprint density at radius 3 is 1.60 bits per heavy atom. The molecule has 0 aliphatic rings. The molecule has 2 atom stereocenters. The lowest BCUT2D eigenvalue weighted by atomic mass is 10.0. The maximum Gasteiger partial charge on any atom is 0.328 e. The number of carbonyl (C=O) groups excluding carboxylic acids is 3. The molecule has 0 aromatic heterocycles. The van der Waals surface area contributed by atoms with Gasteiger partial charge in [-0.1, -0.05) is 167 Å². The number of carboxylic acid groups (broad SMARTS) is 1. The molecular weight excluding hydrogens is 668 g/mol. The summed E-state index contributed by atoms with van der Waals surface area (Å²) in [6.07, 6.45) is 42.3. The molecule has 0 fully saturated rings. The zero-order valence-corrected chi connectivity index (χ0v) is 34.0. The third-order valence-electron chi connectivity index (χ3n) is 9.69. The summed E-state index contributed by atoms with van der Waals surface area (Å²) in [5, 5.41) is 22.5. The van der Waals surface area contributed by atoms with Gasteiger partial charge in [0.15, 0.2) is 0 Å². The minimum atomic E-state index is -1.39. The molecule has 0 aromatic rings. The SMILES string of the molecule is CCCCC/C=C\C/C=C\C(CCCCCCC(=O)NCC(=O)NC(CO)C(=O)O)OC(=O)CCCCCCCCCCCCCCCCCCCC. The molecule has 9 heteroatoms. The molecule has 53 heavy (non-hydrogen) atoms. The van der Waals surface area contributed by atoms with E-state index in [-0.39, 0.29) is 30.9 Å². The molecule has 0 aromatic carbocycles. The lowest BCUT2D eigenvalue weighted by molar-refractivity contribution is -0.147. The number of nitrogens with one attached hydrogen (secondary N) is 2. The Morgan fingerprint density at radius 2 is 1.08 bits per heavy atom. The summed E-state index contributed by atoms with van der Waals surface area (Å²) in [7, 11) is 0. The fourth-order valence-corrected chi connectivity index (χ4v) is 6.31. The van der Waals surface area contributed by atoms with Crippen LogP contribution < -0.4 is 10.6 Å². The van der Waals surface area contributed by atoms with Gasteiger partial charge in [-0.2, -0.15) is 0 Å². The second-order valence-corrected chi connectivity index (χ2v) is 14.8. The number of unbranched alkanes of at least 4 members (excludes halogenated alkanes) is 23. The van der Waals surface area contributed by atoms with Gasteiger partial charge in [0.1, 0.15) is 12.1 Å². The molecule has 0 saturated heterocycles. The van der Waals surface area contributed by atoms with Crippen molar-refractivity contribution in [2.75, 3.05) is 13.2 Å². The van der Waals surface area contributed by atoms with E-state index in [0.717, 1.165) is 51.4 Å². The van der Waals surface area contributed by atoms with Crippen LogP contribution in [-0.2, 0) is 23.9 Å². The maximum absolute atomic E-state index is 12.7. The highest BCUT2D eigenvalue weighted by molar-refractivity contribution is 5.87. The van der Waals surface area contributed by atoms with Crippen molar-refractivity contribution in [1.29, 1.82) is 0 Å². The second-order valence-electron chi connectivity index (χ2n) is 14.8. The van der Waals surface area contributed by atoms with Crippen LogP contribution in [-0.4, -0.2) is 59.3 Å². The van der Waals surface area contributed by atoms with Gasteiger partial charge in [-0.25, -0.2) is 4.79 Å². The topological polar surface area (TPSA) is 142 Å². The Morgan fingerprint density at radius 1 is 0.585 bits per heavy atom. The molecule has 2 unspecified atom stereocenters. The normalized spacial score (nSPS) is 12.7. The predicted molar refractivity (Wildman–Crippen MR) is 218 cm³/mol. The molecule has 0 aliphatic heterocycles. The van der Waals surface area contributed by atoms with Crippen molar-refractivity contribution in [3.05, 3.63) is 24.3 Å². The summed E-state index contributed by atoms with van der Waals surface area (Å²) in [5.41, 5.74) is 0. The molecule has 0 saturated carbocycles. The van der Waals surface area contributed by atoms with Crippen molar-refractivity contribution in [1.82, 2.24) is 10.6 Å². The zero-order valence-electron chi connectivity index (χ0n) is 34.0. The fraction of sp³-hybridized carbons (Fsp3) is 0.818. The van der Waals surface area contributed by atoms with Crippen molar-refractivity contribution < 1.29 is 34.1 Å². The summed E-state index contributed by atoms with van der Waals surface area (Å²) in [6, 6.07) is -1.39. The molecular formula is C44H80N2O7. The fourth-order valence-electron chi connectivity index (χ4n) is 6.31. The van der Waals surface area contributed by atoms with Crippen molar-refractivity contribution in [2.24, 2.45) is 0 Å². The lowest BCUT2D eigenvalue weighted by Gasteiger charge is -2.15. The standard InChI is InChI=1S/C44H80N2O7/c1-3-5-7-9-11-13-14-15-16-17-18-19-20-21-22-24-26-32-36-43(50)53-39(33-29-25-23-12-10-8-6-4-2)34-30-27-28-31-35-41(48)45-37-42(49)46-40(38-47)44(51)52/h12,23,29,33,39-40,47H,3-11,13-22,24-28,30-32,34-38H2,1-2H3,(H,45,48)(H,46,49)(H,51,52)/b23-12-,33-29-. The van der Waals surface area contributed by atoms with E-state index in [9.17, 15) is 19.2 Å². The first-order chi connectivity index (χ1) is 25.8. The molecule has 0 bridgehead atoms. The third kappa shape index (κ3) is 36.1. The Bertz CT molecular complexity index is 952. The van der Waals surface area contributed by atoms with Crippen molar-refractivity contribution in [3.8, 4) is 0 Å². The van der Waals surface area contributed by atoms with Crippen LogP contribution in [0.3, 0.4) is 0 Å². The minimum absolute atomic E-state index is 0.124. The van der Waals surface area contributed by atoms with E-state index < -0.39 is 24.5 Å². The smallest absolute Gasteiger partial charge is 0.328 e. The highest BCUT2D eigenvalue weighted by Gasteiger charge is 2.18. The zero-order chi connectivity index (χ0) is 39.0. The molecule has 0 spiro atoms. The Labute approximate surface area is 324 Å². The molecule has 0 heterocycles. The third-order valence-corrected chi connectivity index (χ3v) is 9.69. The van der Waals surface area contributed by atoms with Gasteiger partial charge in [-0.05, 0) is 51.0 Å². The molecule has 0 radical (unpaired) electrons. The van der Waals surface area contributed by atoms with Crippen LogP contribution in [0.4, 0.5) is 0 Å². The van der Waals surface area contributed by atoms with Gasteiger partial charge in [0.05, 0.1) is 13.2 Å². The first kappa shape index (κ1) is 50.3. The van der Waals surface area contributed by atoms with Crippen molar-refractivity contribution in [3.63, 3.8) is 0 Å². The number of rotatable bonds is 39. The van der Waals surface area contributed by atoms with Crippen LogP contribution in [0.15, 0.2) is 24.3 Å². The average Bonchev–Trinajstić information content (AvgIpc) is 3.14. The Hall–Kier alpha value is -2.68. The Balaban J connectivity index is 4.20. The highest BCUT2D eigenvalue weighted by Crippen LogP contribution is 2.16. The first-order valence-electron chi connectivity index (χ1n) is 21.7. The van der Waals surface area contributed by atoms with Crippen LogP contribution in [0.2, 0.25) is 0 Å². The van der Waals surface area contributed by atoms with Gasteiger partial charge in [-0.15, -0.1) is 0 Å². The van der Waals surface area contributed by atoms with Crippen molar-refractivity contribution in [2.45, 2.75) is 219 Å². The van der Waals surface area contributed by atoms with E-state index in [1.54, 1.807) is 0 Å². The summed E-state index contributed by atoms with van der Waals surface area (Å²) >= 11 is 0. The number of amides is 2. The average molecular weight is 749 g/mol. The monoisotopic (exact) mass is 749 g/mol. The summed E-state index contributed by atoms with van der Waals surface area (Å²) in [4.78, 5) is 47.5. The summed E-state index contributed by atoms with van der Waals surface area (Å²) < 4.78 is 5.89. The molecule has 9 nitrogen and oxygen atoms in total. The number of hydrogen-bond acceptors (Lipinski definition) is 6. The van der Waals surface area contributed by atoms with Gasteiger partial charge in [0.2, 0.25) is 11.8 Å². The van der Waals surface area contributed by atoms with E-state index in [1.165, 1.54) is 122 Å². The number of allylic oxidation sites excluding steroid dienone is 3. The maximum atomic E-state index is 12.7. The van der Waals surface area contributed by atoms with Gasteiger partial charge < -0.3 is 25.6 Å². The first-order valence-corrected chi connectivity index (χ1v) is 21.7. The number of aliphatic hydroxyl groups is 1. The molecule has 0 rings (SSSR count). The van der Waals surface area contributed by atoms with E-state index in [0.29, 0.717) is 12.8 Å². The highest BCUT2D eigenvalue weighted by atomic mass is 16.5. The van der Waals surface area contributed by atoms with Crippen molar-refractivity contribution >= 4 is 23.8 Å². The van der Waals surface area contributed by atoms with Gasteiger partial charge in [0, 0.05) is 12.8 Å². The quantitative estimate of drug-likeness (QED) is 0.0278. The number of ether oxygens (including phenoxy) is 1. The van der Waals surface area contributed by atoms with Crippen LogP contribution in [0.5, 0.6) is 0 Å². The van der Waals surface area contributed by atoms with Crippen LogP contribution in [0.1, 0.15) is 206 Å². The number of esters is 1. The molecule has 0 aliphatic carbocycles. The van der Waals surface area contributed by atoms with Crippen LogP contribution in [0.25, 0.3) is 0 Å². The van der Waals surface area contributed by atoms with Crippen LogP contribution in [0, 0.1) is 0 Å².